The number of amides is 1. The third-order valence-corrected chi connectivity index (χ3v) is 7.79. The number of nitrogen functional groups attached to an aromatic ring is 1. The lowest BCUT2D eigenvalue weighted by Crippen LogP contribution is -2.30. The van der Waals surface area contributed by atoms with E-state index in [1.165, 1.54) is 29.7 Å². The molecule has 5 heterocycles. The molecule has 206 valence electrons. The molecule has 15 heteroatoms. The highest BCUT2D eigenvalue weighted by molar-refractivity contribution is 7.20. The maximum absolute atomic E-state index is 13.7. The van der Waals surface area contributed by atoms with E-state index in [2.05, 4.69) is 41.0 Å². The number of rotatable bonds is 7. The van der Waals surface area contributed by atoms with E-state index in [9.17, 15) is 9.18 Å². The van der Waals surface area contributed by atoms with Crippen LogP contribution < -0.4 is 21.3 Å². The van der Waals surface area contributed by atoms with Crippen LogP contribution in [0.25, 0.3) is 16.2 Å². The van der Waals surface area contributed by atoms with Crippen LogP contribution in [0.5, 0.6) is 0 Å². The van der Waals surface area contributed by atoms with Gasteiger partial charge in [0.05, 0.1) is 30.2 Å². The topological polar surface area (TPSA) is 157 Å². The summed E-state index contributed by atoms with van der Waals surface area (Å²) in [5.41, 5.74) is 7.94. The van der Waals surface area contributed by atoms with E-state index < -0.39 is 11.9 Å². The fourth-order valence-electron chi connectivity index (χ4n) is 4.60. The first-order valence-electron chi connectivity index (χ1n) is 12.8. The Morgan fingerprint density at radius 3 is 2.90 bits per heavy atom. The lowest BCUT2D eigenvalue weighted by atomic mass is 10.1. The van der Waals surface area contributed by atoms with E-state index in [1.807, 2.05) is 10.9 Å². The standard InChI is InChI=1S/C25H27FN12OS/c1-14(22-33-34-24-38(22)35-25(40-24)36(2)18-5-3-4-16(26)10-18)31-23(39)20-21(27)29-12-19(32-20)15-11-30-37(13-15)17-6-8-28-9-7-17/h3-5,10-14,17,28H,6-9H2,1-2H3,(H2,27,29)(H,31,39)/t14-/m1/s1. The summed E-state index contributed by atoms with van der Waals surface area (Å²) in [5, 5.41) is 24.3. The second kappa shape index (κ2) is 10.6. The molecule has 5 aromatic rings. The van der Waals surface area contributed by atoms with Crippen molar-refractivity contribution in [2.75, 3.05) is 30.8 Å². The molecular weight excluding hydrogens is 535 g/mol. The first kappa shape index (κ1) is 25.8. The Balaban J connectivity index is 1.20. The van der Waals surface area contributed by atoms with Gasteiger partial charge in [-0.15, -0.1) is 15.3 Å². The zero-order chi connectivity index (χ0) is 27.8. The molecule has 1 aliphatic heterocycles. The van der Waals surface area contributed by atoms with Gasteiger partial charge in [0, 0.05) is 24.5 Å². The van der Waals surface area contributed by atoms with E-state index in [0.717, 1.165) is 31.5 Å². The van der Waals surface area contributed by atoms with Gasteiger partial charge in [0.2, 0.25) is 10.1 Å². The van der Waals surface area contributed by atoms with Crippen LogP contribution in [0.2, 0.25) is 0 Å². The van der Waals surface area contributed by atoms with E-state index in [-0.39, 0.29) is 17.3 Å². The van der Waals surface area contributed by atoms with Crippen LogP contribution in [-0.4, -0.2) is 65.6 Å². The van der Waals surface area contributed by atoms with Gasteiger partial charge >= 0.3 is 0 Å². The molecule has 0 radical (unpaired) electrons. The number of fused-ring (bicyclic) bond motifs is 1. The first-order chi connectivity index (χ1) is 19.4. The predicted molar refractivity (Wildman–Crippen MR) is 148 cm³/mol. The normalized spacial score (nSPS) is 14.9. The average Bonchev–Trinajstić information content (AvgIpc) is 3.70. The van der Waals surface area contributed by atoms with Crippen molar-refractivity contribution < 1.29 is 9.18 Å². The van der Waals surface area contributed by atoms with E-state index in [4.69, 9.17) is 5.73 Å². The molecule has 6 rings (SSSR count). The van der Waals surface area contributed by atoms with Crippen LogP contribution in [0.4, 0.5) is 21.0 Å². The Hall–Kier alpha value is -4.50. The fraction of sp³-hybridized carbons (Fsp3) is 0.320. The van der Waals surface area contributed by atoms with Crippen LogP contribution >= 0.6 is 11.3 Å². The van der Waals surface area contributed by atoms with Crippen molar-refractivity contribution in [2.45, 2.75) is 31.8 Å². The van der Waals surface area contributed by atoms with Crippen LogP contribution in [0.1, 0.15) is 48.2 Å². The molecule has 1 aliphatic rings. The summed E-state index contributed by atoms with van der Waals surface area (Å²) in [6.07, 6.45) is 7.18. The number of anilines is 3. The number of carbonyl (C=O) groups is 1. The lowest BCUT2D eigenvalue weighted by molar-refractivity contribution is 0.0933. The summed E-state index contributed by atoms with van der Waals surface area (Å²) in [7, 11) is 1.79. The second-order valence-corrected chi connectivity index (χ2v) is 10.5. The van der Waals surface area contributed by atoms with Crippen molar-refractivity contribution in [3.8, 4) is 11.3 Å². The molecule has 1 aromatic carbocycles. The summed E-state index contributed by atoms with van der Waals surface area (Å²) in [6.45, 7) is 3.67. The second-order valence-electron chi connectivity index (χ2n) is 9.55. The van der Waals surface area contributed by atoms with Crippen LogP contribution in [0.15, 0.2) is 42.9 Å². The number of nitrogens with one attached hydrogen (secondary N) is 2. The van der Waals surface area contributed by atoms with E-state index in [1.54, 1.807) is 41.7 Å². The molecular formula is C25H27FN12OS. The molecule has 1 atom stereocenters. The van der Waals surface area contributed by atoms with Gasteiger partial charge in [-0.1, -0.05) is 17.4 Å². The number of hydrogen-bond donors (Lipinski definition) is 3. The molecule has 0 unspecified atom stereocenters. The van der Waals surface area contributed by atoms with Gasteiger partial charge in [0.15, 0.2) is 17.3 Å². The monoisotopic (exact) mass is 562 g/mol. The zero-order valence-electron chi connectivity index (χ0n) is 21.8. The average molecular weight is 563 g/mol. The number of aromatic nitrogens is 8. The molecule has 4 aromatic heterocycles. The van der Waals surface area contributed by atoms with Gasteiger partial charge in [-0.25, -0.2) is 14.4 Å². The third-order valence-electron chi connectivity index (χ3n) is 6.82. The molecule has 13 nitrogen and oxygen atoms in total. The highest BCUT2D eigenvalue weighted by Gasteiger charge is 2.24. The summed E-state index contributed by atoms with van der Waals surface area (Å²) in [4.78, 5) is 24.2. The van der Waals surface area contributed by atoms with E-state index >= 15 is 0 Å². The molecule has 0 saturated carbocycles. The SMILES string of the molecule is C[C@@H](NC(=O)c1nc(-c2cnn(C3CCNCC3)c2)cnc1N)c1nnc2sc(N(C)c3cccc(F)c3)nn12. The number of piperidine rings is 1. The number of nitrogens with two attached hydrogens (primary N) is 1. The summed E-state index contributed by atoms with van der Waals surface area (Å²) >= 11 is 1.29. The molecule has 1 saturated heterocycles. The summed E-state index contributed by atoms with van der Waals surface area (Å²) in [6, 6.07) is 5.96. The molecule has 40 heavy (non-hydrogen) atoms. The van der Waals surface area contributed by atoms with Crippen LogP contribution in [0, 0.1) is 5.82 Å². The number of carbonyl (C=O) groups excluding carboxylic acids is 1. The Morgan fingerprint density at radius 1 is 1.27 bits per heavy atom. The van der Waals surface area contributed by atoms with Crippen molar-refractivity contribution in [3.05, 3.63) is 60.2 Å². The quantitative estimate of drug-likeness (QED) is 0.269. The number of halogens is 1. The Morgan fingerprint density at radius 2 is 2.10 bits per heavy atom. The van der Waals surface area contributed by atoms with Gasteiger partial charge in [0.25, 0.3) is 5.91 Å². The van der Waals surface area contributed by atoms with Gasteiger partial charge in [-0.05, 0) is 51.1 Å². The van der Waals surface area contributed by atoms with Crippen molar-refractivity contribution in [2.24, 2.45) is 0 Å². The molecule has 0 bridgehead atoms. The largest absolute Gasteiger partial charge is 0.382 e. The zero-order valence-corrected chi connectivity index (χ0v) is 22.6. The fourth-order valence-corrected chi connectivity index (χ4v) is 5.43. The van der Waals surface area contributed by atoms with Crippen molar-refractivity contribution >= 4 is 38.8 Å². The number of nitrogens with zero attached hydrogens (tertiary/aromatic N) is 9. The van der Waals surface area contributed by atoms with Crippen molar-refractivity contribution in [3.63, 3.8) is 0 Å². The smallest absolute Gasteiger partial charge is 0.274 e. The van der Waals surface area contributed by atoms with E-state index in [0.29, 0.717) is 33.3 Å². The maximum atomic E-state index is 13.7. The van der Waals surface area contributed by atoms with Crippen LogP contribution in [0.3, 0.4) is 0 Å². The minimum atomic E-state index is -0.579. The molecule has 0 aliphatic carbocycles. The molecule has 4 N–H and O–H groups in total. The van der Waals surface area contributed by atoms with Crippen LogP contribution in [-0.2, 0) is 0 Å². The number of benzene rings is 1. The van der Waals surface area contributed by atoms with Gasteiger partial charge in [-0.2, -0.15) is 9.61 Å². The maximum Gasteiger partial charge on any atom is 0.274 e. The minimum absolute atomic E-state index is 0.00419. The number of hydrogen-bond acceptors (Lipinski definition) is 11. The summed E-state index contributed by atoms with van der Waals surface area (Å²) < 4.78 is 17.2. The minimum Gasteiger partial charge on any atom is -0.382 e. The Labute approximate surface area is 232 Å². The van der Waals surface area contributed by atoms with Gasteiger partial charge in [0.1, 0.15) is 5.82 Å². The predicted octanol–water partition coefficient (Wildman–Crippen LogP) is 2.74. The van der Waals surface area contributed by atoms with Gasteiger partial charge < -0.3 is 21.3 Å². The molecule has 1 fully saturated rings. The van der Waals surface area contributed by atoms with Gasteiger partial charge in [-0.3, -0.25) is 9.48 Å². The Kier molecular flexibility index (Phi) is 6.81. The van der Waals surface area contributed by atoms with Crippen molar-refractivity contribution in [1.29, 1.82) is 0 Å². The van der Waals surface area contributed by atoms with Crippen molar-refractivity contribution in [1.82, 2.24) is 50.2 Å². The highest BCUT2D eigenvalue weighted by Crippen LogP contribution is 2.29. The first-order valence-corrected chi connectivity index (χ1v) is 13.6. The molecule has 0 spiro atoms. The molecule has 1 amide bonds. The lowest BCUT2D eigenvalue weighted by Gasteiger charge is -2.22. The highest BCUT2D eigenvalue weighted by atomic mass is 32.1. The summed E-state index contributed by atoms with van der Waals surface area (Å²) in [5.74, 6) is -0.414. The third kappa shape index (κ3) is 4.96. The Bertz CT molecular complexity index is 1670.